The molecule has 1 aromatic rings. The molecule has 1 aromatic carbocycles. The molecule has 2 atom stereocenters. The average molecular weight is 243 g/mol. The number of hydrogen-bond donors (Lipinski definition) is 0. The van der Waals surface area contributed by atoms with Gasteiger partial charge >= 0.3 is 0 Å². The molecule has 0 amide bonds. The summed E-state index contributed by atoms with van der Waals surface area (Å²) < 4.78 is 0. The van der Waals surface area contributed by atoms with Crippen molar-refractivity contribution in [1.82, 2.24) is 0 Å². The molecule has 0 aromatic heterocycles. The number of halogens is 1. The number of benzene rings is 1. The second-order valence-corrected chi connectivity index (χ2v) is 4.64. The summed E-state index contributed by atoms with van der Waals surface area (Å²) >= 11 is 6.19. The van der Waals surface area contributed by atoms with Crippen LogP contribution >= 0.6 is 11.6 Å². The van der Waals surface area contributed by atoms with E-state index < -0.39 is 10.8 Å². The fraction of sp³-hybridized carbons (Fsp3) is 0.286. The first-order chi connectivity index (χ1) is 8.24. The van der Waals surface area contributed by atoms with E-state index in [0.29, 0.717) is 6.42 Å². The van der Waals surface area contributed by atoms with Crippen molar-refractivity contribution in [2.75, 3.05) is 0 Å². The van der Waals surface area contributed by atoms with Crippen molar-refractivity contribution in [3.05, 3.63) is 48.0 Å². The first kappa shape index (κ1) is 11.7. The Bertz CT molecular complexity index is 493. The number of rotatable bonds is 1. The molecule has 0 saturated carbocycles. The maximum absolute atomic E-state index is 9.35. The largest absolute Gasteiger partial charge is 0.196 e. The van der Waals surface area contributed by atoms with Gasteiger partial charge in [0.05, 0.1) is 17.5 Å². The van der Waals surface area contributed by atoms with Crippen LogP contribution in [0.3, 0.4) is 0 Å². The molecule has 1 aliphatic carbocycles. The van der Waals surface area contributed by atoms with Gasteiger partial charge < -0.3 is 0 Å². The number of nitrogens with zero attached hydrogens (tertiary/aromatic N) is 2. The quantitative estimate of drug-likeness (QED) is 0.560. The van der Waals surface area contributed by atoms with Crippen molar-refractivity contribution >= 4 is 11.6 Å². The van der Waals surface area contributed by atoms with Crippen molar-refractivity contribution in [3.63, 3.8) is 0 Å². The van der Waals surface area contributed by atoms with Crippen LogP contribution in [0.2, 0.25) is 0 Å². The predicted octanol–water partition coefficient (Wildman–Crippen LogP) is 3.37. The van der Waals surface area contributed by atoms with Gasteiger partial charge in [0.25, 0.3) is 0 Å². The summed E-state index contributed by atoms with van der Waals surface area (Å²) in [5.41, 5.74) is -0.213. The van der Waals surface area contributed by atoms with Crippen molar-refractivity contribution in [3.8, 4) is 12.1 Å². The predicted molar refractivity (Wildman–Crippen MR) is 66.2 cm³/mol. The molecule has 0 N–H and O–H groups in total. The minimum Gasteiger partial charge on any atom is -0.196 e. The Hall–Kier alpha value is -1.77. The van der Waals surface area contributed by atoms with Gasteiger partial charge in [-0.3, -0.25) is 0 Å². The normalized spacial score (nSPS) is 25.8. The van der Waals surface area contributed by atoms with Crippen LogP contribution in [-0.4, -0.2) is 5.38 Å². The smallest absolute Gasteiger partial charge is 0.170 e. The summed E-state index contributed by atoms with van der Waals surface area (Å²) in [6.07, 6.45) is 4.43. The lowest BCUT2D eigenvalue weighted by Crippen LogP contribution is -2.36. The SMILES string of the molecule is N#CC1(C#N)[C@H](Cl)CC=C[C@H]1c1ccccc1. The van der Waals surface area contributed by atoms with E-state index in [2.05, 4.69) is 12.1 Å². The van der Waals surface area contributed by atoms with Crippen LogP contribution in [0.4, 0.5) is 0 Å². The van der Waals surface area contributed by atoms with Crippen molar-refractivity contribution in [2.24, 2.45) is 5.41 Å². The first-order valence-electron chi connectivity index (χ1n) is 5.43. The van der Waals surface area contributed by atoms with Gasteiger partial charge in [-0.1, -0.05) is 42.5 Å². The Morgan fingerprint density at radius 3 is 2.41 bits per heavy atom. The zero-order valence-corrected chi connectivity index (χ0v) is 9.93. The fourth-order valence-corrected chi connectivity index (χ4v) is 2.54. The van der Waals surface area contributed by atoms with Crippen LogP contribution < -0.4 is 0 Å². The second-order valence-electron chi connectivity index (χ2n) is 4.11. The minimum absolute atomic E-state index is 0.255. The molecule has 0 radical (unpaired) electrons. The van der Waals surface area contributed by atoms with Gasteiger partial charge in [0.2, 0.25) is 0 Å². The third-order valence-corrected chi connectivity index (χ3v) is 3.71. The molecule has 84 valence electrons. The molecular formula is C14H11ClN2. The van der Waals surface area contributed by atoms with E-state index in [1.54, 1.807) is 0 Å². The molecule has 0 saturated heterocycles. The number of hydrogen-bond acceptors (Lipinski definition) is 2. The highest BCUT2D eigenvalue weighted by atomic mass is 35.5. The molecule has 1 aliphatic rings. The molecular weight excluding hydrogens is 232 g/mol. The van der Waals surface area contributed by atoms with E-state index in [0.717, 1.165) is 5.56 Å². The topological polar surface area (TPSA) is 47.6 Å². The lowest BCUT2D eigenvalue weighted by molar-refractivity contribution is 0.424. The molecule has 2 nitrogen and oxygen atoms in total. The zero-order valence-electron chi connectivity index (χ0n) is 9.18. The molecule has 0 heterocycles. The molecule has 17 heavy (non-hydrogen) atoms. The Morgan fingerprint density at radius 2 is 1.82 bits per heavy atom. The molecule has 0 aliphatic heterocycles. The summed E-state index contributed by atoms with van der Waals surface area (Å²) in [5, 5.41) is 18.2. The summed E-state index contributed by atoms with van der Waals surface area (Å²) in [6, 6.07) is 13.8. The van der Waals surface area contributed by atoms with Gasteiger partial charge in [-0.05, 0) is 12.0 Å². The summed E-state index contributed by atoms with van der Waals surface area (Å²) in [7, 11) is 0. The molecule has 3 heteroatoms. The summed E-state index contributed by atoms with van der Waals surface area (Å²) in [4.78, 5) is 0. The molecule has 0 spiro atoms. The van der Waals surface area contributed by atoms with Gasteiger partial charge in [-0.2, -0.15) is 10.5 Å². The second kappa shape index (κ2) is 4.62. The van der Waals surface area contributed by atoms with E-state index in [9.17, 15) is 10.5 Å². The van der Waals surface area contributed by atoms with Gasteiger partial charge in [0, 0.05) is 5.92 Å². The highest BCUT2D eigenvalue weighted by Crippen LogP contribution is 2.45. The van der Waals surface area contributed by atoms with Crippen LogP contribution in [0.5, 0.6) is 0 Å². The van der Waals surface area contributed by atoms with Crippen LogP contribution in [0.1, 0.15) is 17.9 Å². The van der Waals surface area contributed by atoms with E-state index in [1.807, 2.05) is 42.5 Å². The van der Waals surface area contributed by atoms with E-state index in [1.165, 1.54) is 0 Å². The van der Waals surface area contributed by atoms with Crippen LogP contribution in [0.15, 0.2) is 42.5 Å². The zero-order chi connectivity index (χ0) is 12.3. The van der Waals surface area contributed by atoms with Crippen LogP contribution in [0, 0.1) is 28.1 Å². The number of allylic oxidation sites excluding steroid dienone is 2. The third kappa shape index (κ3) is 1.82. The van der Waals surface area contributed by atoms with Crippen LogP contribution in [0.25, 0.3) is 0 Å². The first-order valence-corrected chi connectivity index (χ1v) is 5.86. The van der Waals surface area contributed by atoms with Gasteiger partial charge in [-0.25, -0.2) is 0 Å². The molecule has 0 bridgehead atoms. The average Bonchev–Trinajstić information content (AvgIpc) is 2.40. The van der Waals surface area contributed by atoms with Crippen molar-refractivity contribution in [2.45, 2.75) is 17.7 Å². The monoisotopic (exact) mass is 242 g/mol. The highest BCUT2D eigenvalue weighted by Gasteiger charge is 2.47. The summed E-state index contributed by atoms with van der Waals surface area (Å²) in [6.45, 7) is 0. The Balaban J connectivity index is 2.53. The van der Waals surface area contributed by atoms with Gasteiger partial charge in [0.1, 0.15) is 0 Å². The Labute approximate surface area is 106 Å². The highest BCUT2D eigenvalue weighted by molar-refractivity contribution is 6.21. The lowest BCUT2D eigenvalue weighted by atomic mass is 9.68. The van der Waals surface area contributed by atoms with E-state index in [4.69, 9.17) is 11.6 Å². The number of alkyl halides is 1. The minimum atomic E-state index is -1.17. The van der Waals surface area contributed by atoms with E-state index >= 15 is 0 Å². The standard InChI is InChI=1S/C14H11ClN2/c15-13-8-4-7-12(14(13,9-16)10-17)11-5-2-1-3-6-11/h1-7,12-13H,8H2/t12-,13+/m0/s1. The van der Waals surface area contributed by atoms with Gasteiger partial charge in [-0.15, -0.1) is 11.6 Å². The summed E-state index contributed by atoms with van der Waals surface area (Å²) in [5.74, 6) is -0.255. The maximum atomic E-state index is 9.35. The number of nitriles is 2. The molecule has 0 unspecified atom stereocenters. The maximum Gasteiger partial charge on any atom is 0.170 e. The molecule has 2 rings (SSSR count). The van der Waals surface area contributed by atoms with Crippen molar-refractivity contribution in [1.29, 1.82) is 10.5 Å². The molecule has 0 fully saturated rings. The fourth-order valence-electron chi connectivity index (χ4n) is 2.21. The van der Waals surface area contributed by atoms with E-state index in [-0.39, 0.29) is 5.92 Å². The van der Waals surface area contributed by atoms with Crippen molar-refractivity contribution < 1.29 is 0 Å². The van der Waals surface area contributed by atoms with Crippen LogP contribution in [-0.2, 0) is 0 Å². The lowest BCUT2D eigenvalue weighted by Gasteiger charge is -2.33. The Morgan fingerprint density at radius 1 is 1.18 bits per heavy atom. The Kier molecular flexibility index (Phi) is 3.18. The van der Waals surface area contributed by atoms with Gasteiger partial charge in [0.15, 0.2) is 5.41 Å². The third-order valence-electron chi connectivity index (χ3n) is 3.18.